The molecule has 0 aliphatic heterocycles. The molecule has 3 rings (SSSR count). The second kappa shape index (κ2) is 10.0. The van der Waals surface area contributed by atoms with Crippen LogP contribution in [0.15, 0.2) is 91.6 Å². The van der Waals surface area contributed by atoms with Crippen molar-refractivity contribution in [1.29, 1.82) is 0 Å². The van der Waals surface area contributed by atoms with Crippen molar-refractivity contribution in [2.75, 3.05) is 12.8 Å². The maximum atomic E-state index is 13.2. The van der Waals surface area contributed by atoms with Gasteiger partial charge in [-0.05, 0) is 60.9 Å². The average Bonchev–Trinajstić information content (AvgIpc) is 2.73. The van der Waals surface area contributed by atoms with Crippen LogP contribution in [-0.4, -0.2) is 26.9 Å². The minimum Gasteiger partial charge on any atom is -0.292 e. The van der Waals surface area contributed by atoms with Gasteiger partial charge in [0.2, 0.25) is 0 Å². The maximum Gasteiger partial charge on any atom is 0.178 e. The van der Waals surface area contributed by atoms with E-state index in [1.54, 1.807) is 19.2 Å². The van der Waals surface area contributed by atoms with Gasteiger partial charge in [0.25, 0.3) is 0 Å². The summed E-state index contributed by atoms with van der Waals surface area (Å²) in [5, 5.41) is 0. The summed E-state index contributed by atoms with van der Waals surface area (Å²) in [7, 11) is -1.70. The number of benzene rings is 3. The van der Waals surface area contributed by atoms with Crippen LogP contribution in [0.3, 0.4) is 0 Å². The number of sulfone groups is 1. The molecule has 1 unspecified atom stereocenters. The third kappa shape index (κ3) is 5.90. The fourth-order valence-corrected chi connectivity index (χ4v) is 5.44. The first-order chi connectivity index (χ1) is 14.3. The molecule has 3 nitrogen and oxygen atoms in total. The quantitative estimate of drug-likeness (QED) is 0.313. The van der Waals surface area contributed by atoms with Gasteiger partial charge in [0.15, 0.2) is 9.84 Å². The molecular weight excluding hydrogens is 526 g/mol. The van der Waals surface area contributed by atoms with Crippen LogP contribution in [0.4, 0.5) is 0 Å². The van der Waals surface area contributed by atoms with Gasteiger partial charge in [-0.3, -0.25) is 4.99 Å². The standard InChI is InChI=1S/C24H23Br2NO2S/c1-17-3-13-23(14-4-17)30(28,29)16-20(18-5-9-21(25)10-6-18)15-24(27-2)19-7-11-22(26)12-8-19/h3-14,20H,15-16H2,1-2H3/b27-24+. The second-order valence-electron chi connectivity index (χ2n) is 7.22. The molecule has 3 aromatic rings. The van der Waals surface area contributed by atoms with E-state index in [1.165, 1.54) is 0 Å². The van der Waals surface area contributed by atoms with Gasteiger partial charge in [0, 0.05) is 27.6 Å². The molecular formula is C24H23Br2NO2S. The molecule has 0 aromatic heterocycles. The minimum absolute atomic E-state index is 0.0211. The summed E-state index contributed by atoms with van der Waals surface area (Å²) in [6.45, 7) is 1.95. The molecule has 0 radical (unpaired) electrons. The zero-order valence-electron chi connectivity index (χ0n) is 16.8. The van der Waals surface area contributed by atoms with E-state index in [1.807, 2.05) is 67.6 Å². The lowest BCUT2D eigenvalue weighted by atomic mass is 9.92. The van der Waals surface area contributed by atoms with E-state index >= 15 is 0 Å². The van der Waals surface area contributed by atoms with E-state index in [0.717, 1.165) is 31.3 Å². The summed E-state index contributed by atoms with van der Waals surface area (Å²) < 4.78 is 28.3. The molecule has 0 bridgehead atoms. The van der Waals surface area contributed by atoms with Crippen LogP contribution in [0.5, 0.6) is 0 Å². The van der Waals surface area contributed by atoms with Crippen molar-refractivity contribution in [2.24, 2.45) is 4.99 Å². The topological polar surface area (TPSA) is 46.5 Å². The van der Waals surface area contributed by atoms with Crippen molar-refractivity contribution in [2.45, 2.75) is 24.2 Å². The molecule has 30 heavy (non-hydrogen) atoms. The number of hydrogen-bond acceptors (Lipinski definition) is 3. The van der Waals surface area contributed by atoms with Crippen LogP contribution in [0.1, 0.15) is 29.0 Å². The van der Waals surface area contributed by atoms with Crippen molar-refractivity contribution in [3.63, 3.8) is 0 Å². The van der Waals surface area contributed by atoms with Gasteiger partial charge < -0.3 is 0 Å². The van der Waals surface area contributed by atoms with Gasteiger partial charge in [-0.25, -0.2) is 8.42 Å². The number of aryl methyl sites for hydroxylation is 1. The van der Waals surface area contributed by atoms with Crippen molar-refractivity contribution in [3.05, 3.63) is 98.4 Å². The molecule has 3 aromatic carbocycles. The van der Waals surface area contributed by atoms with E-state index in [4.69, 9.17) is 0 Å². The molecule has 6 heteroatoms. The fourth-order valence-electron chi connectivity index (χ4n) is 3.33. The summed E-state index contributed by atoms with van der Waals surface area (Å²) in [5.41, 5.74) is 3.89. The predicted octanol–water partition coefficient (Wildman–Crippen LogP) is 6.59. The highest BCUT2D eigenvalue weighted by Gasteiger charge is 2.24. The Hall–Kier alpha value is -1.76. The van der Waals surface area contributed by atoms with Gasteiger partial charge >= 0.3 is 0 Å². The number of hydrogen-bond donors (Lipinski definition) is 0. The smallest absolute Gasteiger partial charge is 0.178 e. The van der Waals surface area contributed by atoms with Crippen LogP contribution in [-0.2, 0) is 9.84 Å². The maximum absolute atomic E-state index is 13.2. The first kappa shape index (κ1) is 22.9. The Morgan fingerprint density at radius 2 is 1.40 bits per heavy atom. The minimum atomic E-state index is -3.45. The van der Waals surface area contributed by atoms with Crippen LogP contribution in [0, 0.1) is 6.92 Å². The second-order valence-corrected chi connectivity index (χ2v) is 11.1. The molecule has 0 fully saturated rings. The Balaban J connectivity index is 1.95. The Kier molecular flexibility index (Phi) is 7.66. The van der Waals surface area contributed by atoms with Crippen molar-refractivity contribution in [3.8, 4) is 0 Å². The molecule has 0 amide bonds. The average molecular weight is 549 g/mol. The highest BCUT2D eigenvalue weighted by Crippen LogP contribution is 2.28. The van der Waals surface area contributed by atoms with Crippen molar-refractivity contribution >= 4 is 47.4 Å². The highest BCUT2D eigenvalue weighted by molar-refractivity contribution is 9.10. The predicted molar refractivity (Wildman–Crippen MR) is 131 cm³/mol. The number of halogens is 2. The van der Waals surface area contributed by atoms with Gasteiger partial charge in [0.1, 0.15) is 0 Å². The Morgan fingerprint density at radius 3 is 1.93 bits per heavy atom. The molecule has 0 N–H and O–H groups in total. The van der Waals surface area contributed by atoms with Gasteiger partial charge in [-0.1, -0.05) is 73.8 Å². The van der Waals surface area contributed by atoms with Gasteiger partial charge in [0.05, 0.1) is 10.6 Å². The van der Waals surface area contributed by atoms with E-state index in [0.29, 0.717) is 11.3 Å². The molecule has 0 saturated heterocycles. The van der Waals surface area contributed by atoms with Crippen LogP contribution in [0.2, 0.25) is 0 Å². The van der Waals surface area contributed by atoms with Crippen LogP contribution in [0.25, 0.3) is 0 Å². The SMILES string of the molecule is C/N=C(\CC(CS(=O)(=O)c1ccc(C)cc1)c1ccc(Br)cc1)c1ccc(Br)cc1. The molecule has 0 spiro atoms. The molecule has 1 atom stereocenters. The highest BCUT2D eigenvalue weighted by atomic mass is 79.9. The lowest BCUT2D eigenvalue weighted by Crippen LogP contribution is -2.19. The zero-order chi connectivity index (χ0) is 21.7. The summed E-state index contributed by atoms with van der Waals surface area (Å²) in [6.07, 6.45) is 0.533. The van der Waals surface area contributed by atoms with Gasteiger partial charge in [-0.15, -0.1) is 0 Å². The van der Waals surface area contributed by atoms with Crippen LogP contribution >= 0.6 is 31.9 Å². The molecule has 0 aliphatic rings. The van der Waals surface area contributed by atoms with E-state index in [9.17, 15) is 8.42 Å². The summed E-state index contributed by atoms with van der Waals surface area (Å²) >= 11 is 6.92. The fraction of sp³-hybridized carbons (Fsp3) is 0.208. The van der Waals surface area contributed by atoms with E-state index in [-0.39, 0.29) is 11.7 Å². The van der Waals surface area contributed by atoms with Crippen molar-refractivity contribution < 1.29 is 8.42 Å². The molecule has 0 aliphatic carbocycles. The first-order valence-corrected chi connectivity index (χ1v) is 12.8. The van der Waals surface area contributed by atoms with Crippen LogP contribution < -0.4 is 0 Å². The Morgan fingerprint density at radius 1 is 0.867 bits per heavy atom. The molecule has 0 heterocycles. The van der Waals surface area contributed by atoms with E-state index in [2.05, 4.69) is 36.9 Å². The molecule has 156 valence electrons. The Bertz CT molecular complexity index is 1120. The van der Waals surface area contributed by atoms with Crippen molar-refractivity contribution in [1.82, 2.24) is 0 Å². The monoisotopic (exact) mass is 547 g/mol. The lowest BCUT2D eigenvalue weighted by molar-refractivity contribution is 0.588. The number of rotatable bonds is 7. The zero-order valence-corrected chi connectivity index (χ0v) is 20.8. The first-order valence-electron chi connectivity index (χ1n) is 9.55. The van der Waals surface area contributed by atoms with E-state index < -0.39 is 9.84 Å². The third-order valence-corrected chi connectivity index (χ3v) is 7.92. The Labute approximate surface area is 195 Å². The summed E-state index contributed by atoms with van der Waals surface area (Å²) in [6, 6.07) is 22.8. The third-order valence-electron chi connectivity index (χ3n) is 5.03. The normalized spacial score (nSPS) is 13.3. The largest absolute Gasteiger partial charge is 0.292 e. The van der Waals surface area contributed by atoms with Gasteiger partial charge in [-0.2, -0.15) is 0 Å². The summed E-state index contributed by atoms with van der Waals surface area (Å²) in [5.74, 6) is -0.195. The number of aliphatic imine (C=N–C) groups is 1. The summed E-state index contributed by atoms with van der Waals surface area (Å²) in [4.78, 5) is 4.84. The molecule has 0 saturated carbocycles. The number of nitrogens with zero attached hydrogens (tertiary/aromatic N) is 1. The lowest BCUT2D eigenvalue weighted by Gasteiger charge is -2.19.